The zero-order valence-corrected chi connectivity index (χ0v) is 15.0. The second kappa shape index (κ2) is 5.67. The average Bonchev–Trinajstić information content (AvgIpc) is 3.20. The fourth-order valence-electron chi connectivity index (χ4n) is 3.25. The molecule has 7 nitrogen and oxygen atoms in total. The number of hydrogen-bond acceptors (Lipinski definition) is 5. The molecule has 0 aromatic carbocycles. The Morgan fingerprint density at radius 2 is 2.08 bits per heavy atom. The van der Waals surface area contributed by atoms with Gasteiger partial charge in [-0.05, 0) is 30.9 Å². The molecular formula is C16H15ClN4O3S. The van der Waals surface area contributed by atoms with Gasteiger partial charge in [-0.15, -0.1) is 0 Å². The Hall–Kier alpha value is -2.19. The van der Waals surface area contributed by atoms with E-state index >= 15 is 0 Å². The van der Waals surface area contributed by atoms with E-state index in [0.717, 1.165) is 30.4 Å². The van der Waals surface area contributed by atoms with Crippen molar-refractivity contribution in [2.24, 2.45) is 0 Å². The summed E-state index contributed by atoms with van der Waals surface area (Å²) in [6, 6.07) is 5.02. The first-order valence-electron chi connectivity index (χ1n) is 7.79. The predicted molar refractivity (Wildman–Crippen MR) is 92.9 cm³/mol. The summed E-state index contributed by atoms with van der Waals surface area (Å²) in [5, 5.41) is 4.34. The Morgan fingerprint density at radius 3 is 2.76 bits per heavy atom. The molecule has 0 amide bonds. The maximum Gasteiger partial charge on any atom is 0.277 e. The van der Waals surface area contributed by atoms with Crippen LogP contribution in [0.2, 0.25) is 5.15 Å². The lowest BCUT2D eigenvalue weighted by molar-refractivity contribution is 0.596. The largest absolute Gasteiger partial charge is 0.325 e. The van der Waals surface area contributed by atoms with Gasteiger partial charge in [0.05, 0.1) is 6.54 Å². The third-order valence-corrected chi connectivity index (χ3v) is 5.60. The van der Waals surface area contributed by atoms with Crippen LogP contribution in [0, 0.1) is 0 Å². The van der Waals surface area contributed by atoms with Crippen LogP contribution in [-0.2, 0) is 29.2 Å². The lowest BCUT2D eigenvalue weighted by atomic mass is 10.2. The van der Waals surface area contributed by atoms with Crippen molar-refractivity contribution in [2.45, 2.75) is 30.8 Å². The van der Waals surface area contributed by atoms with E-state index in [0.29, 0.717) is 29.3 Å². The monoisotopic (exact) mass is 378 g/mol. The molecule has 4 rings (SSSR count). The minimum absolute atomic E-state index is 0.101. The van der Waals surface area contributed by atoms with Crippen LogP contribution < -0.4 is 5.56 Å². The molecule has 9 heteroatoms. The van der Waals surface area contributed by atoms with Gasteiger partial charge in [0, 0.05) is 29.8 Å². The molecule has 0 N–H and O–H groups in total. The van der Waals surface area contributed by atoms with Crippen LogP contribution in [0.4, 0.5) is 0 Å². The van der Waals surface area contributed by atoms with Gasteiger partial charge in [-0.3, -0.25) is 4.79 Å². The molecule has 0 bridgehead atoms. The standard InChI is InChI=1S/C16H15ClN4O3S/c1-25(23,24)14-7-15-20(9-10-5-6-13(17)18-8-10)12-4-2-3-11(12)16(22)21(15)19-14/h5-8H,2-4,9H2,1H3. The SMILES string of the molecule is CS(=O)(=O)c1cc2n(Cc3ccc(Cl)nc3)c3c(c(=O)n2n1)CCC3. The average molecular weight is 379 g/mol. The van der Waals surface area contributed by atoms with Gasteiger partial charge in [0.1, 0.15) is 10.8 Å². The van der Waals surface area contributed by atoms with Crippen molar-refractivity contribution in [3.63, 3.8) is 0 Å². The Balaban J connectivity index is 1.98. The lowest BCUT2D eigenvalue weighted by Gasteiger charge is -2.14. The molecule has 0 fully saturated rings. The van der Waals surface area contributed by atoms with Crippen molar-refractivity contribution >= 4 is 27.1 Å². The number of pyridine rings is 1. The van der Waals surface area contributed by atoms with Gasteiger partial charge in [0.2, 0.25) is 0 Å². The molecule has 0 spiro atoms. The van der Waals surface area contributed by atoms with Gasteiger partial charge in [-0.2, -0.15) is 9.61 Å². The highest BCUT2D eigenvalue weighted by molar-refractivity contribution is 7.90. The second-order valence-electron chi connectivity index (χ2n) is 6.18. The van der Waals surface area contributed by atoms with Crippen LogP contribution in [0.1, 0.15) is 23.2 Å². The second-order valence-corrected chi connectivity index (χ2v) is 8.53. The molecule has 130 valence electrons. The molecule has 0 atom stereocenters. The molecule has 0 unspecified atom stereocenters. The molecule has 3 heterocycles. The minimum Gasteiger partial charge on any atom is -0.325 e. The quantitative estimate of drug-likeness (QED) is 0.644. The zero-order chi connectivity index (χ0) is 17.8. The first-order chi connectivity index (χ1) is 11.8. The predicted octanol–water partition coefficient (Wildman–Crippen LogP) is 1.48. The van der Waals surface area contributed by atoms with E-state index in [9.17, 15) is 13.2 Å². The van der Waals surface area contributed by atoms with E-state index in [1.54, 1.807) is 12.3 Å². The van der Waals surface area contributed by atoms with E-state index in [1.807, 2.05) is 10.6 Å². The van der Waals surface area contributed by atoms with Crippen LogP contribution in [-0.4, -0.2) is 33.8 Å². The maximum atomic E-state index is 12.7. The molecule has 0 radical (unpaired) electrons. The number of fused-ring (bicyclic) bond motifs is 2. The molecule has 3 aromatic rings. The van der Waals surface area contributed by atoms with E-state index in [1.165, 1.54) is 10.6 Å². The summed E-state index contributed by atoms with van der Waals surface area (Å²) < 4.78 is 26.9. The molecule has 3 aromatic heterocycles. The van der Waals surface area contributed by atoms with Gasteiger partial charge < -0.3 is 4.57 Å². The summed E-state index contributed by atoms with van der Waals surface area (Å²) in [7, 11) is -3.51. The van der Waals surface area contributed by atoms with Crippen molar-refractivity contribution < 1.29 is 8.42 Å². The summed E-state index contributed by atoms with van der Waals surface area (Å²) in [5.74, 6) is 0. The summed E-state index contributed by atoms with van der Waals surface area (Å²) in [4.78, 5) is 16.8. The van der Waals surface area contributed by atoms with Gasteiger partial charge in [-0.25, -0.2) is 13.4 Å². The number of hydrogen-bond donors (Lipinski definition) is 0. The molecule has 0 aliphatic heterocycles. The minimum atomic E-state index is -3.51. The maximum absolute atomic E-state index is 12.7. The van der Waals surface area contributed by atoms with E-state index < -0.39 is 9.84 Å². The van der Waals surface area contributed by atoms with Crippen LogP contribution in [0.5, 0.6) is 0 Å². The molecular weight excluding hydrogens is 364 g/mol. The van der Waals surface area contributed by atoms with Crippen LogP contribution in [0.3, 0.4) is 0 Å². The van der Waals surface area contributed by atoms with E-state index in [4.69, 9.17) is 11.6 Å². The molecule has 1 aliphatic carbocycles. The zero-order valence-electron chi connectivity index (χ0n) is 13.4. The van der Waals surface area contributed by atoms with Gasteiger partial charge >= 0.3 is 0 Å². The lowest BCUT2D eigenvalue weighted by Crippen LogP contribution is -2.24. The Bertz CT molecular complexity index is 1150. The van der Waals surface area contributed by atoms with E-state index in [-0.39, 0.29) is 10.6 Å². The third-order valence-electron chi connectivity index (χ3n) is 4.42. The molecule has 0 saturated carbocycles. The van der Waals surface area contributed by atoms with Crippen LogP contribution >= 0.6 is 11.6 Å². The first-order valence-corrected chi connectivity index (χ1v) is 10.1. The first kappa shape index (κ1) is 16.3. The van der Waals surface area contributed by atoms with Gasteiger partial charge in [0.25, 0.3) is 5.56 Å². The highest BCUT2D eigenvalue weighted by Crippen LogP contribution is 2.23. The molecule has 1 aliphatic rings. The van der Waals surface area contributed by atoms with Gasteiger partial charge in [-0.1, -0.05) is 17.7 Å². The fraction of sp³-hybridized carbons (Fsp3) is 0.312. The Kier molecular flexibility index (Phi) is 3.69. The van der Waals surface area contributed by atoms with Crippen molar-refractivity contribution in [1.82, 2.24) is 19.2 Å². The number of aromatic nitrogens is 4. The highest BCUT2D eigenvalue weighted by atomic mass is 35.5. The third kappa shape index (κ3) is 2.75. The summed E-state index contributed by atoms with van der Waals surface area (Å²) in [6.07, 6.45) is 5.11. The van der Waals surface area contributed by atoms with Crippen LogP contribution in [0.15, 0.2) is 34.2 Å². The number of halogens is 1. The number of nitrogens with zero attached hydrogens (tertiary/aromatic N) is 4. The van der Waals surface area contributed by atoms with Crippen molar-refractivity contribution in [3.05, 3.63) is 56.7 Å². The number of rotatable bonds is 3. The van der Waals surface area contributed by atoms with Crippen LogP contribution in [0.25, 0.3) is 5.65 Å². The molecule has 25 heavy (non-hydrogen) atoms. The van der Waals surface area contributed by atoms with Crippen molar-refractivity contribution in [3.8, 4) is 0 Å². The summed E-state index contributed by atoms with van der Waals surface area (Å²) in [6.45, 7) is 0.463. The van der Waals surface area contributed by atoms with Crippen molar-refractivity contribution in [2.75, 3.05) is 6.26 Å². The normalized spacial score (nSPS) is 14.2. The fourth-order valence-corrected chi connectivity index (χ4v) is 3.92. The topological polar surface area (TPSA) is 86.3 Å². The Labute approximate surface area is 148 Å². The Morgan fingerprint density at radius 1 is 1.28 bits per heavy atom. The van der Waals surface area contributed by atoms with Crippen molar-refractivity contribution in [1.29, 1.82) is 0 Å². The van der Waals surface area contributed by atoms with E-state index in [2.05, 4.69) is 10.1 Å². The molecule has 0 saturated heterocycles. The van der Waals surface area contributed by atoms with Gasteiger partial charge in [0.15, 0.2) is 14.9 Å². The highest BCUT2D eigenvalue weighted by Gasteiger charge is 2.24. The summed E-state index contributed by atoms with van der Waals surface area (Å²) >= 11 is 5.84. The summed E-state index contributed by atoms with van der Waals surface area (Å²) in [5.41, 5.74) is 2.79. The number of sulfone groups is 1. The smallest absolute Gasteiger partial charge is 0.277 e.